The predicted molar refractivity (Wildman–Crippen MR) is 117 cm³/mol. The molecule has 150 valence electrons. The van der Waals surface area contributed by atoms with Gasteiger partial charge in [-0.1, -0.05) is 37.6 Å². The molecular weight excluding hydrogens is 392 g/mol. The Hall–Kier alpha value is -2.25. The van der Waals surface area contributed by atoms with Crippen LogP contribution in [0.4, 0.5) is 5.69 Å². The Bertz CT molecular complexity index is 966. The number of amides is 1. The molecule has 1 amide bonds. The number of rotatable bonds is 6. The van der Waals surface area contributed by atoms with Crippen LogP contribution in [-0.4, -0.2) is 19.4 Å². The van der Waals surface area contributed by atoms with Crippen molar-refractivity contribution in [3.05, 3.63) is 59.2 Å². The minimum absolute atomic E-state index is 0.0461. The van der Waals surface area contributed by atoms with Crippen LogP contribution in [0.15, 0.2) is 47.4 Å². The maximum absolute atomic E-state index is 12.7. The minimum Gasteiger partial charge on any atom is -0.332 e. The molecule has 5 nitrogen and oxygen atoms in total. The smallest absolute Gasteiger partial charge is 0.226 e. The van der Waals surface area contributed by atoms with E-state index in [9.17, 15) is 13.2 Å². The molecule has 0 aliphatic heterocycles. The number of aryl methyl sites for hydroxylation is 2. The van der Waals surface area contributed by atoms with E-state index in [1.165, 1.54) is 0 Å². The van der Waals surface area contributed by atoms with Crippen molar-refractivity contribution in [2.75, 3.05) is 5.32 Å². The lowest BCUT2D eigenvalue weighted by Crippen LogP contribution is -2.34. The summed E-state index contributed by atoms with van der Waals surface area (Å²) in [6.45, 7) is 7.80. The fourth-order valence-corrected chi connectivity index (χ4v) is 4.43. The maximum Gasteiger partial charge on any atom is 0.226 e. The molecule has 0 aliphatic rings. The molecule has 0 saturated heterocycles. The molecule has 0 saturated carbocycles. The number of sulfone groups is 1. The zero-order valence-electron chi connectivity index (χ0n) is 16.6. The largest absolute Gasteiger partial charge is 0.332 e. The van der Waals surface area contributed by atoms with Crippen LogP contribution >= 0.6 is 12.2 Å². The second kappa shape index (κ2) is 9.30. The van der Waals surface area contributed by atoms with Gasteiger partial charge in [-0.15, -0.1) is 0 Å². The van der Waals surface area contributed by atoms with Gasteiger partial charge in [0.2, 0.25) is 5.91 Å². The Balaban J connectivity index is 2.04. The van der Waals surface area contributed by atoms with Gasteiger partial charge in [0.1, 0.15) is 0 Å². The van der Waals surface area contributed by atoms with Crippen molar-refractivity contribution in [1.29, 1.82) is 0 Å². The van der Waals surface area contributed by atoms with Crippen LogP contribution in [0.2, 0.25) is 0 Å². The van der Waals surface area contributed by atoms with E-state index < -0.39 is 9.84 Å². The number of nitrogens with one attached hydrogen (secondary N) is 2. The van der Waals surface area contributed by atoms with Gasteiger partial charge in [-0.2, -0.15) is 0 Å². The summed E-state index contributed by atoms with van der Waals surface area (Å²) in [5.74, 6) is 0.0415. The summed E-state index contributed by atoms with van der Waals surface area (Å²) in [5.41, 5.74) is 3.47. The molecule has 2 aromatic carbocycles. The van der Waals surface area contributed by atoms with Crippen LogP contribution in [0.5, 0.6) is 0 Å². The molecule has 0 aromatic heterocycles. The van der Waals surface area contributed by atoms with Gasteiger partial charge in [0.15, 0.2) is 14.9 Å². The first kappa shape index (κ1) is 22.0. The summed E-state index contributed by atoms with van der Waals surface area (Å²) in [5, 5.41) is 5.70. The molecule has 0 unspecified atom stereocenters. The van der Waals surface area contributed by atoms with Crippen molar-refractivity contribution in [3.63, 3.8) is 0 Å². The lowest BCUT2D eigenvalue weighted by atomic mass is 10.1. The van der Waals surface area contributed by atoms with E-state index in [-0.39, 0.29) is 27.6 Å². The van der Waals surface area contributed by atoms with E-state index in [2.05, 4.69) is 10.6 Å². The first-order valence-electron chi connectivity index (χ1n) is 9.06. The van der Waals surface area contributed by atoms with Crippen LogP contribution in [0, 0.1) is 19.8 Å². The molecule has 2 N–H and O–H groups in total. The van der Waals surface area contributed by atoms with Gasteiger partial charge in [-0.3, -0.25) is 4.79 Å². The highest BCUT2D eigenvalue weighted by atomic mass is 32.2. The number of anilines is 1. The summed E-state index contributed by atoms with van der Waals surface area (Å²) in [6.07, 6.45) is 0.386. The normalized spacial score (nSPS) is 11.3. The monoisotopic (exact) mass is 418 g/mol. The number of carbonyl (C=O) groups is 1. The van der Waals surface area contributed by atoms with E-state index >= 15 is 0 Å². The van der Waals surface area contributed by atoms with Gasteiger partial charge in [0, 0.05) is 12.1 Å². The van der Waals surface area contributed by atoms with Crippen molar-refractivity contribution in [2.45, 2.75) is 44.8 Å². The van der Waals surface area contributed by atoms with Crippen molar-refractivity contribution in [2.24, 2.45) is 5.92 Å². The molecular formula is C21H26N2O3S2. The molecule has 0 bridgehead atoms. The van der Waals surface area contributed by atoms with Crippen molar-refractivity contribution >= 4 is 38.8 Å². The van der Waals surface area contributed by atoms with Crippen LogP contribution in [0.25, 0.3) is 0 Å². The topological polar surface area (TPSA) is 75.3 Å². The summed E-state index contributed by atoms with van der Waals surface area (Å²) in [4.78, 5) is 12.0. The van der Waals surface area contributed by atoms with Crippen LogP contribution in [0.1, 0.15) is 37.0 Å². The summed E-state index contributed by atoms with van der Waals surface area (Å²) in [7, 11) is -3.46. The lowest BCUT2D eigenvalue weighted by molar-refractivity contribution is -0.120. The Morgan fingerprint density at radius 3 is 2.29 bits per heavy atom. The zero-order chi connectivity index (χ0) is 20.9. The summed E-state index contributed by atoms with van der Waals surface area (Å²) in [6, 6.07) is 12.1. The molecule has 2 rings (SSSR count). The Morgan fingerprint density at radius 1 is 1.07 bits per heavy atom. The van der Waals surface area contributed by atoms with E-state index in [1.54, 1.807) is 24.3 Å². The lowest BCUT2D eigenvalue weighted by Gasteiger charge is -2.12. The van der Waals surface area contributed by atoms with Crippen molar-refractivity contribution in [1.82, 2.24) is 5.32 Å². The average Bonchev–Trinajstić information content (AvgIpc) is 2.57. The van der Waals surface area contributed by atoms with Crippen LogP contribution in [0.3, 0.4) is 0 Å². The quantitative estimate of drug-likeness (QED) is 0.690. The van der Waals surface area contributed by atoms with E-state index in [4.69, 9.17) is 12.2 Å². The fraction of sp³-hybridized carbons (Fsp3) is 0.333. The van der Waals surface area contributed by atoms with Gasteiger partial charge in [-0.05, 0) is 67.4 Å². The molecule has 0 heterocycles. The summed E-state index contributed by atoms with van der Waals surface area (Å²) < 4.78 is 25.4. The van der Waals surface area contributed by atoms with Crippen molar-refractivity contribution < 1.29 is 13.2 Å². The standard InChI is InChI=1S/C21H26N2O3S2/c1-14(2)11-20(24)23-21(27)22-18-7-9-19(10-8-18)28(25,26)13-17-6-5-15(3)12-16(17)4/h5-10,12,14H,11,13H2,1-4H3,(H2,22,23,24,27). The second-order valence-electron chi connectivity index (χ2n) is 7.31. The Morgan fingerprint density at radius 2 is 1.71 bits per heavy atom. The van der Waals surface area contributed by atoms with Gasteiger partial charge < -0.3 is 10.6 Å². The van der Waals surface area contributed by atoms with Crippen LogP contribution < -0.4 is 10.6 Å². The number of benzene rings is 2. The molecule has 2 aromatic rings. The number of carbonyl (C=O) groups excluding carboxylic acids is 1. The molecule has 28 heavy (non-hydrogen) atoms. The van der Waals surface area contributed by atoms with E-state index in [1.807, 2.05) is 45.9 Å². The van der Waals surface area contributed by atoms with E-state index in [0.29, 0.717) is 12.1 Å². The highest BCUT2D eigenvalue weighted by Crippen LogP contribution is 2.21. The third-order valence-electron chi connectivity index (χ3n) is 4.16. The first-order chi connectivity index (χ1) is 13.1. The SMILES string of the molecule is Cc1ccc(CS(=O)(=O)c2ccc(NC(=S)NC(=O)CC(C)C)cc2)c(C)c1. The zero-order valence-corrected chi connectivity index (χ0v) is 18.2. The average molecular weight is 419 g/mol. The highest BCUT2D eigenvalue weighted by Gasteiger charge is 2.17. The third kappa shape index (κ3) is 6.42. The van der Waals surface area contributed by atoms with Gasteiger partial charge in [0.25, 0.3) is 0 Å². The number of hydrogen-bond acceptors (Lipinski definition) is 4. The Labute approximate surface area is 172 Å². The fourth-order valence-electron chi connectivity index (χ4n) is 2.75. The van der Waals surface area contributed by atoms with Gasteiger partial charge >= 0.3 is 0 Å². The highest BCUT2D eigenvalue weighted by molar-refractivity contribution is 7.90. The molecule has 0 radical (unpaired) electrons. The predicted octanol–water partition coefficient (Wildman–Crippen LogP) is 4.14. The minimum atomic E-state index is -3.46. The Kier molecular flexibility index (Phi) is 7.32. The van der Waals surface area contributed by atoms with Gasteiger partial charge in [0.05, 0.1) is 10.6 Å². The molecule has 7 heteroatoms. The summed E-state index contributed by atoms with van der Waals surface area (Å²) >= 11 is 5.12. The first-order valence-corrected chi connectivity index (χ1v) is 11.1. The molecule has 0 fully saturated rings. The van der Waals surface area contributed by atoms with Gasteiger partial charge in [-0.25, -0.2) is 8.42 Å². The third-order valence-corrected chi connectivity index (χ3v) is 6.05. The number of hydrogen-bond donors (Lipinski definition) is 2. The van der Waals surface area contributed by atoms with Crippen LogP contribution in [-0.2, 0) is 20.4 Å². The van der Waals surface area contributed by atoms with Crippen molar-refractivity contribution in [3.8, 4) is 0 Å². The second-order valence-corrected chi connectivity index (χ2v) is 9.71. The van der Waals surface area contributed by atoms with E-state index in [0.717, 1.165) is 16.7 Å². The molecule has 0 atom stereocenters. The number of thiocarbonyl (C=S) groups is 1. The maximum atomic E-state index is 12.7. The molecule has 0 spiro atoms. The molecule has 0 aliphatic carbocycles.